The largest absolute Gasteiger partial charge is 0.326 e. The second kappa shape index (κ2) is 5.66. The van der Waals surface area contributed by atoms with Crippen molar-refractivity contribution in [2.75, 3.05) is 13.1 Å². The summed E-state index contributed by atoms with van der Waals surface area (Å²) in [5.41, 5.74) is 6.45. The Labute approximate surface area is 94.5 Å². The first-order valence-corrected chi connectivity index (χ1v) is 6.26. The molecule has 0 bridgehead atoms. The summed E-state index contributed by atoms with van der Waals surface area (Å²) in [6.07, 6.45) is 8.03. The third kappa shape index (κ3) is 2.82. The average Bonchev–Trinajstić information content (AvgIpc) is 2.29. The van der Waals surface area contributed by atoms with Gasteiger partial charge in [-0.05, 0) is 45.7 Å². The molecule has 1 heterocycles. The van der Waals surface area contributed by atoms with Gasteiger partial charge in [0.05, 0.1) is 0 Å². The molecule has 0 aromatic carbocycles. The summed E-state index contributed by atoms with van der Waals surface area (Å²) in [4.78, 5) is 2.59. The van der Waals surface area contributed by atoms with Gasteiger partial charge in [0.15, 0.2) is 0 Å². The molecule has 2 atom stereocenters. The molecule has 88 valence electrons. The number of hydrogen-bond acceptors (Lipinski definition) is 2. The zero-order chi connectivity index (χ0) is 11.3. The fourth-order valence-electron chi connectivity index (χ4n) is 2.56. The van der Waals surface area contributed by atoms with Crippen LogP contribution in [0.2, 0.25) is 0 Å². The van der Waals surface area contributed by atoms with Crippen LogP contribution in [0, 0.1) is 0 Å². The van der Waals surface area contributed by atoms with Gasteiger partial charge in [-0.2, -0.15) is 0 Å². The van der Waals surface area contributed by atoms with Gasteiger partial charge in [0.2, 0.25) is 0 Å². The molecule has 0 aromatic heterocycles. The lowest BCUT2D eigenvalue weighted by Crippen LogP contribution is -2.58. The third-order valence-electron chi connectivity index (χ3n) is 4.01. The van der Waals surface area contributed by atoms with Crippen molar-refractivity contribution in [3.05, 3.63) is 12.7 Å². The molecular weight excluding hydrogens is 184 g/mol. The maximum Gasteiger partial charge on any atom is 0.0332 e. The smallest absolute Gasteiger partial charge is 0.0332 e. The first-order chi connectivity index (χ1) is 7.15. The van der Waals surface area contributed by atoms with Gasteiger partial charge in [0.25, 0.3) is 0 Å². The minimum absolute atomic E-state index is 0.161. The van der Waals surface area contributed by atoms with Crippen LogP contribution < -0.4 is 5.73 Å². The maximum atomic E-state index is 6.29. The molecule has 2 unspecified atom stereocenters. The molecule has 0 saturated carbocycles. The molecule has 0 radical (unpaired) electrons. The second-order valence-electron chi connectivity index (χ2n) is 4.89. The predicted molar refractivity (Wildman–Crippen MR) is 66.9 cm³/mol. The van der Waals surface area contributed by atoms with E-state index < -0.39 is 0 Å². The first-order valence-electron chi connectivity index (χ1n) is 6.26. The second-order valence-corrected chi connectivity index (χ2v) is 4.89. The minimum Gasteiger partial charge on any atom is -0.326 e. The Kier molecular flexibility index (Phi) is 4.81. The SMILES string of the molecule is C=CCC(N)C(C)(CC)N1CCCCC1. The number of hydrogen-bond donors (Lipinski definition) is 1. The molecule has 1 rings (SSSR count). The van der Waals surface area contributed by atoms with Crippen molar-refractivity contribution < 1.29 is 0 Å². The van der Waals surface area contributed by atoms with Gasteiger partial charge in [-0.1, -0.05) is 19.4 Å². The lowest BCUT2D eigenvalue weighted by atomic mass is 9.84. The Balaban J connectivity index is 2.67. The molecule has 1 aliphatic heterocycles. The normalized spacial score (nSPS) is 24.5. The van der Waals surface area contributed by atoms with Crippen molar-refractivity contribution in [3.63, 3.8) is 0 Å². The molecule has 0 spiro atoms. The summed E-state index contributed by atoms with van der Waals surface area (Å²) >= 11 is 0. The van der Waals surface area contributed by atoms with Crippen molar-refractivity contribution in [3.8, 4) is 0 Å². The topological polar surface area (TPSA) is 29.3 Å². The Morgan fingerprint density at radius 1 is 1.40 bits per heavy atom. The molecule has 1 fully saturated rings. The van der Waals surface area contributed by atoms with Crippen molar-refractivity contribution in [1.29, 1.82) is 0 Å². The van der Waals surface area contributed by atoms with Crippen LogP contribution >= 0.6 is 0 Å². The van der Waals surface area contributed by atoms with E-state index in [1.54, 1.807) is 0 Å². The van der Waals surface area contributed by atoms with Crippen LogP contribution in [0.3, 0.4) is 0 Å². The van der Waals surface area contributed by atoms with E-state index in [1.807, 2.05) is 6.08 Å². The fraction of sp³-hybridized carbons (Fsp3) is 0.846. The summed E-state index contributed by atoms with van der Waals surface area (Å²) in [7, 11) is 0. The third-order valence-corrected chi connectivity index (χ3v) is 4.01. The zero-order valence-electron chi connectivity index (χ0n) is 10.3. The Morgan fingerprint density at radius 2 is 2.00 bits per heavy atom. The van der Waals surface area contributed by atoms with Crippen LogP contribution in [-0.4, -0.2) is 29.6 Å². The van der Waals surface area contributed by atoms with Crippen LogP contribution in [0.1, 0.15) is 46.0 Å². The quantitative estimate of drug-likeness (QED) is 0.707. The van der Waals surface area contributed by atoms with Crippen LogP contribution in [-0.2, 0) is 0 Å². The van der Waals surface area contributed by atoms with Crippen LogP contribution in [0.25, 0.3) is 0 Å². The van der Waals surface area contributed by atoms with E-state index in [-0.39, 0.29) is 11.6 Å². The summed E-state index contributed by atoms with van der Waals surface area (Å²) in [6, 6.07) is 0.220. The number of piperidine rings is 1. The molecule has 1 saturated heterocycles. The molecule has 1 aliphatic rings. The van der Waals surface area contributed by atoms with Gasteiger partial charge in [-0.3, -0.25) is 4.90 Å². The van der Waals surface area contributed by atoms with Gasteiger partial charge in [0.1, 0.15) is 0 Å². The van der Waals surface area contributed by atoms with Gasteiger partial charge in [-0.15, -0.1) is 6.58 Å². The monoisotopic (exact) mass is 210 g/mol. The van der Waals surface area contributed by atoms with E-state index in [2.05, 4.69) is 25.3 Å². The predicted octanol–water partition coefficient (Wildman–Crippen LogP) is 2.54. The lowest BCUT2D eigenvalue weighted by molar-refractivity contribution is 0.0553. The zero-order valence-corrected chi connectivity index (χ0v) is 10.3. The summed E-state index contributed by atoms with van der Waals surface area (Å²) in [5.74, 6) is 0. The first kappa shape index (κ1) is 12.7. The standard InChI is InChI=1S/C13H26N2/c1-4-9-12(14)13(3,5-2)15-10-7-6-8-11-15/h4,12H,1,5-11,14H2,2-3H3. The van der Waals surface area contributed by atoms with E-state index in [9.17, 15) is 0 Å². The van der Waals surface area contributed by atoms with Crippen LogP contribution in [0.5, 0.6) is 0 Å². The fourth-order valence-corrected chi connectivity index (χ4v) is 2.56. The van der Waals surface area contributed by atoms with E-state index in [4.69, 9.17) is 5.73 Å². The van der Waals surface area contributed by atoms with Gasteiger partial charge in [0, 0.05) is 11.6 Å². The number of nitrogens with zero attached hydrogens (tertiary/aromatic N) is 1. The van der Waals surface area contributed by atoms with Gasteiger partial charge in [-0.25, -0.2) is 0 Å². The highest BCUT2D eigenvalue weighted by Crippen LogP contribution is 2.27. The van der Waals surface area contributed by atoms with Crippen molar-refractivity contribution in [2.45, 2.75) is 57.5 Å². The Bertz CT molecular complexity index is 197. The lowest BCUT2D eigenvalue weighted by Gasteiger charge is -2.46. The maximum absolute atomic E-state index is 6.29. The summed E-state index contributed by atoms with van der Waals surface area (Å²) < 4.78 is 0. The van der Waals surface area contributed by atoms with E-state index >= 15 is 0 Å². The van der Waals surface area contributed by atoms with Crippen molar-refractivity contribution >= 4 is 0 Å². The molecule has 0 aromatic rings. The van der Waals surface area contributed by atoms with Crippen LogP contribution in [0.15, 0.2) is 12.7 Å². The highest BCUT2D eigenvalue weighted by atomic mass is 15.2. The van der Waals surface area contributed by atoms with E-state index in [0.29, 0.717) is 0 Å². The van der Waals surface area contributed by atoms with E-state index in [1.165, 1.54) is 32.4 Å². The molecular formula is C13H26N2. The van der Waals surface area contributed by atoms with Crippen molar-refractivity contribution in [1.82, 2.24) is 4.90 Å². The molecule has 15 heavy (non-hydrogen) atoms. The molecule has 2 heteroatoms. The van der Waals surface area contributed by atoms with Gasteiger partial charge < -0.3 is 5.73 Å². The van der Waals surface area contributed by atoms with Crippen molar-refractivity contribution in [2.24, 2.45) is 5.73 Å². The molecule has 0 amide bonds. The summed E-state index contributed by atoms with van der Waals surface area (Å²) in [5, 5.41) is 0. The summed E-state index contributed by atoms with van der Waals surface area (Å²) in [6.45, 7) is 10.8. The number of rotatable bonds is 5. The highest BCUT2D eigenvalue weighted by Gasteiger charge is 2.35. The number of likely N-dealkylation sites (tertiary alicyclic amines) is 1. The Morgan fingerprint density at radius 3 is 2.47 bits per heavy atom. The van der Waals surface area contributed by atoms with Crippen LogP contribution in [0.4, 0.5) is 0 Å². The minimum atomic E-state index is 0.161. The average molecular weight is 210 g/mol. The molecule has 0 aliphatic carbocycles. The van der Waals surface area contributed by atoms with Gasteiger partial charge >= 0.3 is 0 Å². The molecule has 2 nitrogen and oxygen atoms in total. The Hall–Kier alpha value is -0.340. The molecule has 2 N–H and O–H groups in total. The highest BCUT2D eigenvalue weighted by molar-refractivity contribution is 4.98. The van der Waals surface area contributed by atoms with E-state index in [0.717, 1.165) is 12.8 Å². The number of nitrogens with two attached hydrogens (primary N) is 1.